The minimum atomic E-state index is -0.588. The topological polar surface area (TPSA) is 84.2 Å². The zero-order valence-electron chi connectivity index (χ0n) is 6.96. The summed E-state index contributed by atoms with van der Waals surface area (Å²) in [6, 6.07) is -0.588. The fourth-order valence-corrected chi connectivity index (χ4v) is 0.582. The maximum atomic E-state index is 10.7. The first-order chi connectivity index (χ1) is 5.66. The van der Waals surface area contributed by atoms with Crippen LogP contribution in [0.4, 0.5) is 4.79 Å². The van der Waals surface area contributed by atoms with E-state index in [4.69, 9.17) is 5.73 Å². The second-order valence-corrected chi connectivity index (χ2v) is 2.08. The zero-order chi connectivity index (χ0) is 9.40. The van der Waals surface area contributed by atoms with Gasteiger partial charge in [-0.3, -0.25) is 4.79 Å². The van der Waals surface area contributed by atoms with Gasteiger partial charge in [0.2, 0.25) is 5.91 Å². The molecule has 0 radical (unpaired) electrons. The van der Waals surface area contributed by atoms with Gasteiger partial charge in [0.1, 0.15) is 0 Å². The lowest BCUT2D eigenvalue weighted by Gasteiger charge is -2.01. The number of carbonyl (C=O) groups excluding carboxylic acids is 2. The molecular formula is C7H13N3O2. The van der Waals surface area contributed by atoms with Gasteiger partial charge in [0, 0.05) is 13.1 Å². The lowest BCUT2D eigenvalue weighted by molar-refractivity contribution is -0.116. The molecule has 0 aromatic rings. The molecule has 0 aliphatic heterocycles. The summed E-state index contributed by atoms with van der Waals surface area (Å²) in [4.78, 5) is 20.9. The van der Waals surface area contributed by atoms with Crippen molar-refractivity contribution < 1.29 is 9.59 Å². The highest BCUT2D eigenvalue weighted by Gasteiger charge is 1.93. The van der Waals surface area contributed by atoms with Crippen molar-refractivity contribution in [3.8, 4) is 0 Å². The van der Waals surface area contributed by atoms with Crippen LogP contribution in [0.25, 0.3) is 0 Å². The molecule has 0 unspecified atom stereocenters. The largest absolute Gasteiger partial charge is 0.352 e. The lowest BCUT2D eigenvalue weighted by Crippen LogP contribution is -2.36. The molecule has 0 fully saturated rings. The molecule has 0 aromatic carbocycles. The van der Waals surface area contributed by atoms with Gasteiger partial charge in [0.25, 0.3) is 0 Å². The number of hydrogen-bond donors (Lipinski definition) is 3. The van der Waals surface area contributed by atoms with E-state index in [-0.39, 0.29) is 5.91 Å². The highest BCUT2D eigenvalue weighted by Crippen LogP contribution is 1.70. The number of primary amides is 1. The van der Waals surface area contributed by atoms with Crippen LogP contribution in [0.3, 0.4) is 0 Å². The van der Waals surface area contributed by atoms with E-state index in [1.165, 1.54) is 6.08 Å². The van der Waals surface area contributed by atoms with Gasteiger partial charge >= 0.3 is 6.03 Å². The second kappa shape index (κ2) is 6.21. The molecule has 0 saturated carbocycles. The molecule has 12 heavy (non-hydrogen) atoms. The molecule has 5 heteroatoms. The zero-order valence-corrected chi connectivity index (χ0v) is 6.96. The SMILES string of the molecule is C/C=C/C(=O)NCCNC(N)=O. The number of amides is 3. The Kier molecular flexibility index (Phi) is 5.42. The van der Waals surface area contributed by atoms with Crippen LogP contribution in [-0.4, -0.2) is 25.0 Å². The highest BCUT2D eigenvalue weighted by molar-refractivity contribution is 5.87. The van der Waals surface area contributed by atoms with Gasteiger partial charge in [0.15, 0.2) is 0 Å². The monoisotopic (exact) mass is 171 g/mol. The molecule has 4 N–H and O–H groups in total. The molecule has 3 amide bonds. The molecule has 0 aliphatic rings. The predicted molar refractivity (Wildman–Crippen MR) is 45.4 cm³/mol. The van der Waals surface area contributed by atoms with E-state index in [0.29, 0.717) is 13.1 Å². The van der Waals surface area contributed by atoms with Gasteiger partial charge < -0.3 is 16.4 Å². The maximum Gasteiger partial charge on any atom is 0.312 e. The van der Waals surface area contributed by atoms with Gasteiger partial charge in [-0.2, -0.15) is 0 Å². The molecule has 0 bridgehead atoms. The molecule has 0 aromatic heterocycles. The summed E-state index contributed by atoms with van der Waals surface area (Å²) < 4.78 is 0. The number of rotatable bonds is 4. The minimum Gasteiger partial charge on any atom is -0.352 e. The summed E-state index contributed by atoms with van der Waals surface area (Å²) in [6.07, 6.45) is 3.04. The average Bonchev–Trinajstić information content (AvgIpc) is 1.98. The Bertz CT molecular complexity index is 189. The third-order valence-electron chi connectivity index (χ3n) is 1.04. The molecule has 0 heterocycles. The van der Waals surface area contributed by atoms with Crippen LogP contribution in [0, 0.1) is 0 Å². The molecule has 0 aliphatic carbocycles. The summed E-state index contributed by atoms with van der Waals surface area (Å²) in [5.74, 6) is -0.177. The number of hydrogen-bond acceptors (Lipinski definition) is 2. The third kappa shape index (κ3) is 6.60. The standard InChI is InChI=1S/C7H13N3O2/c1-2-3-6(11)9-4-5-10-7(8)12/h2-3H,4-5H2,1H3,(H,9,11)(H3,8,10,12)/b3-2+. The van der Waals surface area contributed by atoms with Gasteiger partial charge in [0.05, 0.1) is 0 Å². The van der Waals surface area contributed by atoms with Crippen molar-refractivity contribution in [2.45, 2.75) is 6.92 Å². The molecular weight excluding hydrogens is 158 g/mol. The fraction of sp³-hybridized carbons (Fsp3) is 0.429. The average molecular weight is 171 g/mol. The van der Waals surface area contributed by atoms with Gasteiger partial charge in [-0.1, -0.05) is 6.08 Å². The molecule has 0 spiro atoms. The van der Waals surface area contributed by atoms with E-state index in [1.807, 2.05) is 0 Å². The number of carbonyl (C=O) groups is 2. The highest BCUT2D eigenvalue weighted by atomic mass is 16.2. The predicted octanol–water partition coefficient (Wildman–Crippen LogP) is -0.653. The Morgan fingerprint density at radius 1 is 1.33 bits per heavy atom. The summed E-state index contributed by atoms with van der Waals surface area (Å²) in [5.41, 5.74) is 4.79. The second-order valence-electron chi connectivity index (χ2n) is 2.08. The normalized spacial score (nSPS) is 9.75. The number of nitrogens with two attached hydrogens (primary N) is 1. The van der Waals surface area contributed by atoms with Crippen molar-refractivity contribution in [2.75, 3.05) is 13.1 Å². The number of nitrogens with one attached hydrogen (secondary N) is 2. The summed E-state index contributed by atoms with van der Waals surface area (Å²) >= 11 is 0. The van der Waals surface area contributed by atoms with E-state index < -0.39 is 6.03 Å². The van der Waals surface area contributed by atoms with Crippen LogP contribution in [0.2, 0.25) is 0 Å². The Hall–Kier alpha value is -1.52. The fourth-order valence-electron chi connectivity index (χ4n) is 0.582. The Morgan fingerprint density at radius 3 is 2.42 bits per heavy atom. The first-order valence-corrected chi connectivity index (χ1v) is 3.60. The van der Waals surface area contributed by atoms with E-state index in [1.54, 1.807) is 13.0 Å². The van der Waals surface area contributed by atoms with E-state index in [0.717, 1.165) is 0 Å². The first kappa shape index (κ1) is 10.5. The van der Waals surface area contributed by atoms with Crippen molar-refractivity contribution in [1.82, 2.24) is 10.6 Å². The van der Waals surface area contributed by atoms with Gasteiger partial charge in [-0.25, -0.2) is 4.79 Å². The van der Waals surface area contributed by atoms with Crippen molar-refractivity contribution in [1.29, 1.82) is 0 Å². The van der Waals surface area contributed by atoms with Crippen LogP contribution >= 0.6 is 0 Å². The first-order valence-electron chi connectivity index (χ1n) is 3.60. The van der Waals surface area contributed by atoms with E-state index >= 15 is 0 Å². The smallest absolute Gasteiger partial charge is 0.312 e. The van der Waals surface area contributed by atoms with Crippen molar-refractivity contribution in [3.05, 3.63) is 12.2 Å². The molecule has 5 nitrogen and oxygen atoms in total. The minimum absolute atomic E-state index is 0.177. The van der Waals surface area contributed by atoms with Crippen LogP contribution in [-0.2, 0) is 4.79 Å². The molecule has 0 atom stereocenters. The molecule has 0 rings (SSSR count). The number of allylic oxidation sites excluding steroid dienone is 1. The number of urea groups is 1. The Labute approximate surface area is 71.0 Å². The summed E-state index contributed by atoms with van der Waals surface area (Å²) in [6.45, 7) is 2.48. The van der Waals surface area contributed by atoms with Gasteiger partial charge in [-0.05, 0) is 13.0 Å². The maximum absolute atomic E-state index is 10.7. The van der Waals surface area contributed by atoms with Crippen LogP contribution < -0.4 is 16.4 Å². The van der Waals surface area contributed by atoms with E-state index in [2.05, 4.69) is 10.6 Å². The van der Waals surface area contributed by atoms with Gasteiger partial charge in [-0.15, -0.1) is 0 Å². The van der Waals surface area contributed by atoms with Crippen LogP contribution in [0.5, 0.6) is 0 Å². The van der Waals surface area contributed by atoms with E-state index in [9.17, 15) is 9.59 Å². The summed E-state index contributed by atoms with van der Waals surface area (Å²) in [7, 11) is 0. The lowest BCUT2D eigenvalue weighted by atomic mass is 10.5. The van der Waals surface area contributed by atoms with Crippen molar-refractivity contribution >= 4 is 11.9 Å². The van der Waals surface area contributed by atoms with Crippen LogP contribution in [0.15, 0.2) is 12.2 Å². The Morgan fingerprint density at radius 2 is 1.92 bits per heavy atom. The summed E-state index contributed by atoms with van der Waals surface area (Å²) in [5, 5.41) is 4.89. The molecule has 0 saturated heterocycles. The Balaban J connectivity index is 3.31. The van der Waals surface area contributed by atoms with Crippen LogP contribution in [0.1, 0.15) is 6.92 Å². The van der Waals surface area contributed by atoms with Crippen molar-refractivity contribution in [2.24, 2.45) is 5.73 Å². The third-order valence-corrected chi connectivity index (χ3v) is 1.04. The van der Waals surface area contributed by atoms with Crippen molar-refractivity contribution in [3.63, 3.8) is 0 Å². The quantitative estimate of drug-likeness (QED) is 0.388. The molecule has 68 valence electrons.